The van der Waals surface area contributed by atoms with Crippen LogP contribution in [0.4, 0.5) is 5.69 Å². The highest BCUT2D eigenvalue weighted by Crippen LogP contribution is 2.26. The van der Waals surface area contributed by atoms with E-state index in [1.165, 1.54) is 31.2 Å². The van der Waals surface area contributed by atoms with Crippen LogP contribution in [0.2, 0.25) is 10.0 Å². The largest absolute Gasteiger partial charge is 0.326 e. The van der Waals surface area contributed by atoms with E-state index in [9.17, 15) is 13.2 Å². The maximum absolute atomic E-state index is 12.4. The standard InChI is InChI=1S/C16H16Cl2N2O3S/c1-10(12-3-8-15(17)16(18)9-12)20-24(22,23)14-6-4-13(5-7-14)19-11(2)21/h3-10,20H,1-2H3,(H,19,21). The third-order valence-corrected chi connectivity index (χ3v) is 5.56. The molecule has 2 N–H and O–H groups in total. The average Bonchev–Trinajstić information content (AvgIpc) is 2.49. The maximum atomic E-state index is 12.4. The summed E-state index contributed by atoms with van der Waals surface area (Å²) in [5, 5.41) is 3.35. The van der Waals surface area contributed by atoms with Crippen LogP contribution in [0.5, 0.6) is 0 Å². The molecule has 0 saturated heterocycles. The first-order valence-corrected chi connectivity index (χ1v) is 9.28. The number of hydrogen-bond acceptors (Lipinski definition) is 3. The first kappa shape index (κ1) is 18.7. The molecule has 8 heteroatoms. The van der Waals surface area contributed by atoms with E-state index in [0.29, 0.717) is 21.3 Å². The minimum Gasteiger partial charge on any atom is -0.326 e. The van der Waals surface area contributed by atoms with Crippen molar-refractivity contribution in [1.29, 1.82) is 0 Å². The number of halogens is 2. The Morgan fingerprint density at radius 3 is 2.21 bits per heavy atom. The van der Waals surface area contributed by atoms with Gasteiger partial charge in [0.25, 0.3) is 0 Å². The van der Waals surface area contributed by atoms with Crippen LogP contribution in [-0.4, -0.2) is 14.3 Å². The van der Waals surface area contributed by atoms with Gasteiger partial charge < -0.3 is 5.32 Å². The van der Waals surface area contributed by atoms with Gasteiger partial charge in [0, 0.05) is 18.7 Å². The minimum absolute atomic E-state index is 0.100. The summed E-state index contributed by atoms with van der Waals surface area (Å²) < 4.78 is 27.5. The van der Waals surface area contributed by atoms with Crippen molar-refractivity contribution in [3.05, 3.63) is 58.1 Å². The smallest absolute Gasteiger partial charge is 0.241 e. The Balaban J connectivity index is 2.17. The molecular weight excluding hydrogens is 371 g/mol. The van der Waals surface area contributed by atoms with Gasteiger partial charge in [0.2, 0.25) is 15.9 Å². The third-order valence-electron chi connectivity index (χ3n) is 3.26. The molecule has 24 heavy (non-hydrogen) atoms. The number of amides is 1. The number of nitrogens with one attached hydrogen (secondary N) is 2. The Labute approximate surface area is 151 Å². The van der Waals surface area contributed by atoms with E-state index in [2.05, 4.69) is 10.0 Å². The van der Waals surface area contributed by atoms with Gasteiger partial charge in [0.1, 0.15) is 0 Å². The van der Waals surface area contributed by atoms with Gasteiger partial charge in [-0.15, -0.1) is 0 Å². The summed E-state index contributed by atoms with van der Waals surface area (Å²) in [6, 6.07) is 10.4. The fourth-order valence-electron chi connectivity index (χ4n) is 2.07. The summed E-state index contributed by atoms with van der Waals surface area (Å²) in [7, 11) is -3.71. The van der Waals surface area contributed by atoms with Gasteiger partial charge in [-0.1, -0.05) is 29.3 Å². The van der Waals surface area contributed by atoms with Crippen LogP contribution in [0.15, 0.2) is 47.4 Å². The fraction of sp³-hybridized carbons (Fsp3) is 0.188. The number of carbonyl (C=O) groups excluding carboxylic acids is 1. The molecule has 1 amide bonds. The van der Waals surface area contributed by atoms with Crippen molar-refractivity contribution in [2.24, 2.45) is 0 Å². The summed E-state index contributed by atoms with van der Waals surface area (Å²) in [6.45, 7) is 3.09. The summed E-state index contributed by atoms with van der Waals surface area (Å²) in [5.74, 6) is -0.225. The Kier molecular flexibility index (Phi) is 5.87. The summed E-state index contributed by atoms with van der Waals surface area (Å²) in [4.78, 5) is 11.1. The van der Waals surface area contributed by atoms with Crippen LogP contribution in [0.1, 0.15) is 25.5 Å². The lowest BCUT2D eigenvalue weighted by Crippen LogP contribution is -2.26. The molecule has 2 aromatic rings. The minimum atomic E-state index is -3.71. The topological polar surface area (TPSA) is 75.3 Å². The summed E-state index contributed by atoms with van der Waals surface area (Å²) in [5.41, 5.74) is 1.22. The van der Waals surface area contributed by atoms with E-state index in [4.69, 9.17) is 23.2 Å². The van der Waals surface area contributed by atoms with E-state index >= 15 is 0 Å². The van der Waals surface area contributed by atoms with E-state index in [-0.39, 0.29) is 10.8 Å². The number of anilines is 1. The predicted octanol–water partition coefficient (Wildman–Crippen LogP) is 3.99. The molecule has 0 aromatic heterocycles. The van der Waals surface area contributed by atoms with Gasteiger partial charge in [-0.05, 0) is 48.9 Å². The maximum Gasteiger partial charge on any atom is 0.241 e. The molecule has 0 aliphatic heterocycles. The third kappa shape index (κ3) is 4.70. The van der Waals surface area contributed by atoms with E-state index in [1.807, 2.05) is 0 Å². The van der Waals surface area contributed by atoms with Gasteiger partial charge in [-0.25, -0.2) is 13.1 Å². The van der Waals surface area contributed by atoms with Crippen molar-refractivity contribution >= 4 is 44.8 Å². The van der Waals surface area contributed by atoms with Crippen LogP contribution in [0.25, 0.3) is 0 Å². The highest BCUT2D eigenvalue weighted by atomic mass is 35.5. The Bertz CT molecular complexity index is 852. The monoisotopic (exact) mass is 386 g/mol. The molecule has 2 aromatic carbocycles. The van der Waals surface area contributed by atoms with Crippen molar-refractivity contribution in [2.45, 2.75) is 24.8 Å². The molecule has 5 nitrogen and oxygen atoms in total. The Hall–Kier alpha value is -1.60. The van der Waals surface area contributed by atoms with Crippen molar-refractivity contribution in [1.82, 2.24) is 4.72 Å². The second kappa shape index (κ2) is 7.53. The molecular formula is C16H16Cl2N2O3S. The van der Waals surface area contributed by atoms with E-state index in [1.54, 1.807) is 25.1 Å². The fourth-order valence-corrected chi connectivity index (χ4v) is 3.61. The molecule has 0 aliphatic rings. The van der Waals surface area contributed by atoms with Gasteiger partial charge in [0.15, 0.2) is 0 Å². The second-order valence-electron chi connectivity index (χ2n) is 5.22. The van der Waals surface area contributed by atoms with Crippen LogP contribution >= 0.6 is 23.2 Å². The summed E-state index contributed by atoms with van der Waals surface area (Å²) >= 11 is 11.8. The van der Waals surface area contributed by atoms with Crippen molar-refractivity contribution < 1.29 is 13.2 Å². The number of sulfonamides is 1. The lowest BCUT2D eigenvalue weighted by Gasteiger charge is -2.15. The number of benzene rings is 2. The lowest BCUT2D eigenvalue weighted by atomic mass is 10.1. The van der Waals surface area contributed by atoms with Gasteiger partial charge >= 0.3 is 0 Å². The van der Waals surface area contributed by atoms with Crippen LogP contribution in [0, 0.1) is 0 Å². The second-order valence-corrected chi connectivity index (χ2v) is 7.75. The SMILES string of the molecule is CC(=O)Nc1ccc(S(=O)(=O)NC(C)c2ccc(Cl)c(Cl)c2)cc1. The van der Waals surface area contributed by atoms with Crippen LogP contribution in [-0.2, 0) is 14.8 Å². The number of rotatable bonds is 5. The van der Waals surface area contributed by atoms with Gasteiger partial charge in [0.05, 0.1) is 14.9 Å². The van der Waals surface area contributed by atoms with Crippen molar-refractivity contribution in [3.63, 3.8) is 0 Å². The zero-order valence-electron chi connectivity index (χ0n) is 13.0. The lowest BCUT2D eigenvalue weighted by molar-refractivity contribution is -0.114. The van der Waals surface area contributed by atoms with Gasteiger partial charge in [-0.3, -0.25) is 4.79 Å². The first-order valence-electron chi connectivity index (χ1n) is 7.04. The highest BCUT2D eigenvalue weighted by Gasteiger charge is 2.19. The zero-order valence-corrected chi connectivity index (χ0v) is 15.3. The normalized spacial score (nSPS) is 12.7. The molecule has 2 rings (SSSR count). The molecule has 128 valence electrons. The Morgan fingerprint density at radius 2 is 1.67 bits per heavy atom. The van der Waals surface area contributed by atoms with Gasteiger partial charge in [-0.2, -0.15) is 0 Å². The summed E-state index contributed by atoms with van der Waals surface area (Å²) in [6.07, 6.45) is 0. The molecule has 0 heterocycles. The molecule has 0 radical (unpaired) electrons. The molecule has 1 unspecified atom stereocenters. The van der Waals surface area contributed by atoms with E-state index in [0.717, 1.165) is 0 Å². The number of hydrogen-bond donors (Lipinski definition) is 2. The quantitative estimate of drug-likeness (QED) is 0.815. The van der Waals surface area contributed by atoms with Crippen LogP contribution in [0.3, 0.4) is 0 Å². The van der Waals surface area contributed by atoms with Crippen LogP contribution < -0.4 is 10.0 Å². The van der Waals surface area contributed by atoms with Crippen molar-refractivity contribution in [2.75, 3.05) is 5.32 Å². The molecule has 0 saturated carbocycles. The molecule has 0 aliphatic carbocycles. The molecule has 1 atom stereocenters. The predicted molar refractivity (Wildman–Crippen MR) is 95.9 cm³/mol. The molecule has 0 spiro atoms. The highest BCUT2D eigenvalue weighted by molar-refractivity contribution is 7.89. The number of carbonyl (C=O) groups is 1. The van der Waals surface area contributed by atoms with Crippen molar-refractivity contribution in [3.8, 4) is 0 Å². The Morgan fingerprint density at radius 1 is 1.04 bits per heavy atom. The molecule has 0 fully saturated rings. The van der Waals surface area contributed by atoms with E-state index < -0.39 is 16.1 Å². The zero-order chi connectivity index (χ0) is 17.9. The average molecular weight is 387 g/mol. The first-order chi connectivity index (χ1) is 11.2. The molecule has 0 bridgehead atoms.